The largest absolute Gasteiger partial charge is 0.573 e. The lowest BCUT2D eigenvalue weighted by Crippen LogP contribution is -2.39. The fourth-order valence-electron chi connectivity index (χ4n) is 6.48. The third-order valence-corrected chi connectivity index (χ3v) is 8.95. The summed E-state index contributed by atoms with van der Waals surface area (Å²) >= 11 is 1.42. The lowest BCUT2D eigenvalue weighted by molar-refractivity contribution is -0.274. The van der Waals surface area contributed by atoms with Gasteiger partial charge in [-0.25, -0.2) is 0 Å². The monoisotopic (exact) mass is 569 g/mol. The van der Waals surface area contributed by atoms with E-state index < -0.39 is 53.1 Å². The molecule has 2 aromatic rings. The second-order valence-electron chi connectivity index (χ2n) is 10.3. The van der Waals surface area contributed by atoms with E-state index in [1.807, 2.05) is 17.5 Å². The highest BCUT2D eigenvalue weighted by atomic mass is 32.1. The summed E-state index contributed by atoms with van der Waals surface area (Å²) in [5.74, 6) is -5.84. The van der Waals surface area contributed by atoms with Crippen molar-refractivity contribution in [3.8, 4) is 11.5 Å². The minimum absolute atomic E-state index is 0.0277. The summed E-state index contributed by atoms with van der Waals surface area (Å²) in [4.78, 5) is 55.8. The number of likely N-dealkylation sites (tertiary alicyclic amines) is 1. The van der Waals surface area contributed by atoms with Crippen molar-refractivity contribution in [2.24, 2.45) is 17.8 Å². The maximum Gasteiger partial charge on any atom is 0.573 e. The van der Waals surface area contributed by atoms with Gasteiger partial charge in [0, 0.05) is 33.1 Å². The molecule has 2 heterocycles. The van der Waals surface area contributed by atoms with Crippen LogP contribution in [0, 0.1) is 17.8 Å². The molecule has 40 heavy (non-hydrogen) atoms. The first-order chi connectivity index (χ1) is 18.9. The number of carbonyl (C=O) groups is 4. The van der Waals surface area contributed by atoms with E-state index in [1.165, 1.54) is 29.2 Å². The maximum atomic E-state index is 13.7. The van der Waals surface area contributed by atoms with E-state index in [2.05, 4.69) is 4.74 Å². The molecule has 4 aliphatic rings. The average Bonchev–Trinajstić information content (AvgIpc) is 3.49. The zero-order valence-electron chi connectivity index (χ0n) is 21.0. The average molecular weight is 570 g/mol. The Hall–Kier alpha value is -3.99. The van der Waals surface area contributed by atoms with Crippen LogP contribution in [0.5, 0.6) is 11.5 Å². The second kappa shape index (κ2) is 9.29. The van der Waals surface area contributed by atoms with Crippen LogP contribution < -0.4 is 4.74 Å². The standard InChI is InChI=1S/C29H22F3NO6S/c1-13-9-22(35)25-20(26(13)36)11-18-16(23(25)19-10-14(4-7-21(19)34)39-29(30,31)32)5-6-17-24(18)28(38)33(27(17)37)12-15-3-2-8-40-15/h2-5,7-10,17-18,23-24,34H,6,11-12H2,1H3. The van der Waals surface area contributed by atoms with Crippen LogP contribution in [0.1, 0.15) is 36.1 Å². The molecule has 1 aliphatic heterocycles. The number of ketones is 2. The van der Waals surface area contributed by atoms with Crippen molar-refractivity contribution in [2.75, 3.05) is 0 Å². The number of ether oxygens (including phenoxy) is 1. The highest BCUT2D eigenvalue weighted by Gasteiger charge is 2.56. The maximum absolute atomic E-state index is 13.7. The first-order valence-corrected chi connectivity index (χ1v) is 13.5. The summed E-state index contributed by atoms with van der Waals surface area (Å²) < 4.78 is 43.1. The Morgan fingerprint density at radius 1 is 1.10 bits per heavy atom. The number of Topliss-reactive ketones (excluding diaryl/α,β-unsaturated/α-hetero) is 1. The molecule has 0 radical (unpaired) electrons. The highest BCUT2D eigenvalue weighted by Crippen LogP contribution is 2.56. The number of hydrogen-bond donors (Lipinski definition) is 1. The van der Waals surface area contributed by atoms with E-state index in [1.54, 1.807) is 6.08 Å². The van der Waals surface area contributed by atoms with Crippen LogP contribution in [-0.2, 0) is 25.7 Å². The van der Waals surface area contributed by atoms with Gasteiger partial charge in [0.05, 0.1) is 18.4 Å². The van der Waals surface area contributed by atoms with E-state index in [0.717, 1.165) is 23.1 Å². The van der Waals surface area contributed by atoms with Gasteiger partial charge in [-0.3, -0.25) is 24.1 Å². The number of amides is 2. The van der Waals surface area contributed by atoms with Gasteiger partial charge in [-0.1, -0.05) is 17.7 Å². The van der Waals surface area contributed by atoms with Gasteiger partial charge >= 0.3 is 6.36 Å². The summed E-state index contributed by atoms with van der Waals surface area (Å²) in [5.41, 5.74) is 0.881. The van der Waals surface area contributed by atoms with Crippen molar-refractivity contribution in [1.29, 1.82) is 0 Å². The minimum Gasteiger partial charge on any atom is -0.508 e. The van der Waals surface area contributed by atoms with Crippen molar-refractivity contribution in [2.45, 2.75) is 38.6 Å². The quantitative estimate of drug-likeness (QED) is 0.317. The van der Waals surface area contributed by atoms with Crippen LogP contribution >= 0.6 is 11.3 Å². The fourth-order valence-corrected chi connectivity index (χ4v) is 7.17. The molecule has 1 saturated heterocycles. The molecule has 4 unspecified atom stereocenters. The number of thiophene rings is 1. The predicted octanol–water partition coefficient (Wildman–Crippen LogP) is 4.98. The first-order valence-electron chi connectivity index (χ1n) is 12.6. The van der Waals surface area contributed by atoms with Crippen molar-refractivity contribution in [3.05, 3.63) is 80.6 Å². The number of allylic oxidation sites excluding steroid dienone is 6. The smallest absolute Gasteiger partial charge is 0.508 e. The third kappa shape index (κ3) is 4.19. The number of fused-ring (bicyclic) bond motifs is 3. The molecule has 3 aliphatic carbocycles. The summed E-state index contributed by atoms with van der Waals surface area (Å²) in [5, 5.41) is 12.7. The zero-order valence-corrected chi connectivity index (χ0v) is 21.8. The topological polar surface area (TPSA) is 101 Å². The number of alkyl halides is 3. The van der Waals surface area contributed by atoms with Gasteiger partial charge in [-0.05, 0) is 61.4 Å². The number of phenols is 1. The summed E-state index contributed by atoms with van der Waals surface area (Å²) in [7, 11) is 0. The van der Waals surface area contributed by atoms with Crippen LogP contribution in [0.2, 0.25) is 0 Å². The summed E-state index contributed by atoms with van der Waals surface area (Å²) in [6.45, 7) is 1.62. The van der Waals surface area contributed by atoms with E-state index in [9.17, 15) is 37.5 Å². The summed E-state index contributed by atoms with van der Waals surface area (Å²) in [6.07, 6.45) is -1.87. The number of carbonyl (C=O) groups excluding carboxylic acids is 4. The predicted molar refractivity (Wildman–Crippen MR) is 136 cm³/mol. The SMILES string of the molecule is CC1=CC(=O)C2=C(CC3C(=CCC4C(=O)N(Cc5cccs5)C(=O)C43)C2c2cc(OC(F)(F)F)ccc2O)C1=O. The van der Waals surface area contributed by atoms with Gasteiger partial charge in [-0.2, -0.15) is 0 Å². The molecule has 0 spiro atoms. The zero-order chi connectivity index (χ0) is 28.5. The molecular weight excluding hydrogens is 547 g/mol. The molecule has 4 atom stereocenters. The highest BCUT2D eigenvalue weighted by molar-refractivity contribution is 7.09. The number of rotatable bonds is 4. The molecule has 206 valence electrons. The lowest BCUT2D eigenvalue weighted by Gasteiger charge is -2.42. The van der Waals surface area contributed by atoms with E-state index in [-0.39, 0.29) is 53.5 Å². The number of hydrogen-bond acceptors (Lipinski definition) is 7. The minimum atomic E-state index is -5.00. The van der Waals surface area contributed by atoms with Crippen LogP contribution in [0.25, 0.3) is 0 Å². The Morgan fingerprint density at radius 2 is 1.88 bits per heavy atom. The molecule has 11 heteroatoms. The van der Waals surface area contributed by atoms with Gasteiger partial charge in [0.2, 0.25) is 11.8 Å². The molecule has 1 fully saturated rings. The van der Waals surface area contributed by atoms with Gasteiger partial charge in [-0.15, -0.1) is 24.5 Å². The van der Waals surface area contributed by atoms with Crippen molar-refractivity contribution in [3.63, 3.8) is 0 Å². The third-order valence-electron chi connectivity index (χ3n) is 8.09. The number of nitrogens with zero attached hydrogens (tertiary/aromatic N) is 1. The number of phenolic OH excluding ortho intramolecular Hbond substituents is 1. The summed E-state index contributed by atoms with van der Waals surface area (Å²) in [6, 6.07) is 6.64. The molecule has 1 N–H and O–H groups in total. The van der Waals surface area contributed by atoms with Crippen molar-refractivity contribution >= 4 is 34.7 Å². The van der Waals surface area contributed by atoms with Crippen LogP contribution in [0.15, 0.2) is 70.2 Å². The molecule has 7 nitrogen and oxygen atoms in total. The van der Waals surface area contributed by atoms with E-state index in [4.69, 9.17) is 0 Å². The Balaban J connectivity index is 1.47. The van der Waals surface area contributed by atoms with Gasteiger partial charge in [0.25, 0.3) is 0 Å². The molecule has 0 saturated carbocycles. The Bertz CT molecular complexity index is 1570. The van der Waals surface area contributed by atoms with Gasteiger partial charge in [0.1, 0.15) is 11.5 Å². The molecule has 1 aromatic heterocycles. The van der Waals surface area contributed by atoms with Crippen LogP contribution in [0.4, 0.5) is 13.2 Å². The van der Waals surface area contributed by atoms with Crippen molar-refractivity contribution in [1.82, 2.24) is 4.90 Å². The number of aromatic hydroxyl groups is 1. The second-order valence-corrected chi connectivity index (χ2v) is 11.4. The van der Waals surface area contributed by atoms with Crippen molar-refractivity contribution < 1.29 is 42.2 Å². The Kier molecular flexibility index (Phi) is 6.10. The first kappa shape index (κ1) is 26.2. The van der Waals surface area contributed by atoms with E-state index in [0.29, 0.717) is 5.57 Å². The Labute approximate surface area is 230 Å². The molecule has 0 bridgehead atoms. The van der Waals surface area contributed by atoms with Gasteiger partial charge < -0.3 is 9.84 Å². The number of benzene rings is 1. The lowest BCUT2D eigenvalue weighted by atomic mass is 9.59. The molecular formula is C29H22F3NO6S. The van der Waals surface area contributed by atoms with Crippen LogP contribution in [0.3, 0.4) is 0 Å². The number of halogens is 3. The normalized spacial score (nSPS) is 26.4. The molecule has 6 rings (SSSR count). The molecule has 2 amide bonds. The fraction of sp³-hybridized carbons (Fsp3) is 0.310. The van der Waals surface area contributed by atoms with E-state index >= 15 is 0 Å². The Morgan fingerprint density at radius 3 is 2.58 bits per heavy atom. The molecule has 1 aromatic carbocycles. The van der Waals surface area contributed by atoms with Crippen LogP contribution in [-0.4, -0.2) is 39.7 Å². The number of imide groups is 1. The van der Waals surface area contributed by atoms with Gasteiger partial charge in [0.15, 0.2) is 11.6 Å².